The molecule has 0 fully saturated rings. The number of para-hydroxylation sites is 1. The third-order valence-electron chi connectivity index (χ3n) is 2.39. The van der Waals surface area contributed by atoms with Crippen LogP contribution < -0.4 is 9.47 Å². The van der Waals surface area contributed by atoms with E-state index in [0.29, 0.717) is 24.0 Å². The Morgan fingerprint density at radius 3 is 2.62 bits per heavy atom. The summed E-state index contributed by atoms with van der Waals surface area (Å²) >= 11 is 0. The van der Waals surface area contributed by atoms with E-state index in [2.05, 4.69) is 13.8 Å². The van der Waals surface area contributed by atoms with Gasteiger partial charge in [0, 0.05) is 5.56 Å². The van der Waals surface area contributed by atoms with Crippen molar-refractivity contribution in [2.24, 2.45) is 5.92 Å². The van der Waals surface area contributed by atoms with E-state index in [0.717, 1.165) is 12.0 Å². The monoisotopic (exact) mass is 224 g/mol. The molecule has 1 N–H and O–H groups in total. The normalized spacial score (nSPS) is 10.6. The van der Waals surface area contributed by atoms with Crippen LogP contribution in [0, 0.1) is 5.92 Å². The minimum absolute atomic E-state index is 0.0335. The van der Waals surface area contributed by atoms with E-state index in [1.807, 2.05) is 18.2 Å². The maximum atomic E-state index is 9.21. The summed E-state index contributed by atoms with van der Waals surface area (Å²) in [6.45, 7) is 4.91. The second-order valence-corrected chi connectivity index (χ2v) is 4.14. The zero-order valence-electron chi connectivity index (χ0n) is 10.2. The van der Waals surface area contributed by atoms with Gasteiger partial charge in [-0.3, -0.25) is 0 Å². The van der Waals surface area contributed by atoms with Gasteiger partial charge in [-0.15, -0.1) is 0 Å². The fourth-order valence-electron chi connectivity index (χ4n) is 1.41. The second kappa shape index (κ2) is 6.38. The summed E-state index contributed by atoms with van der Waals surface area (Å²) in [5.41, 5.74) is 0.767. The standard InChI is InChI=1S/C13H20O3/c1-10(2)7-8-16-13-11(9-14)5-4-6-12(13)15-3/h4-6,10,14H,7-9H2,1-3H3. The lowest BCUT2D eigenvalue weighted by molar-refractivity contribution is 0.246. The Kier molecular flexibility index (Phi) is 5.12. The van der Waals surface area contributed by atoms with Crippen molar-refractivity contribution in [1.29, 1.82) is 0 Å². The topological polar surface area (TPSA) is 38.7 Å². The molecule has 0 amide bonds. The van der Waals surface area contributed by atoms with Crippen LogP contribution in [0.25, 0.3) is 0 Å². The molecule has 0 unspecified atom stereocenters. The molecular formula is C13H20O3. The first-order chi connectivity index (χ1) is 7.69. The molecule has 0 aliphatic carbocycles. The number of aliphatic hydroxyl groups is 1. The van der Waals surface area contributed by atoms with Crippen LogP contribution in [0.5, 0.6) is 11.5 Å². The molecule has 0 spiro atoms. The number of hydrogen-bond acceptors (Lipinski definition) is 3. The molecule has 1 aromatic rings. The molecule has 0 saturated carbocycles. The predicted octanol–water partition coefficient (Wildman–Crippen LogP) is 2.61. The lowest BCUT2D eigenvalue weighted by Gasteiger charge is -2.14. The van der Waals surface area contributed by atoms with E-state index in [1.54, 1.807) is 7.11 Å². The highest BCUT2D eigenvalue weighted by molar-refractivity contribution is 5.46. The van der Waals surface area contributed by atoms with E-state index in [-0.39, 0.29) is 6.61 Å². The van der Waals surface area contributed by atoms with Crippen LogP contribution in [-0.2, 0) is 6.61 Å². The SMILES string of the molecule is COc1cccc(CO)c1OCCC(C)C. The molecule has 0 aliphatic rings. The predicted molar refractivity (Wildman–Crippen MR) is 63.9 cm³/mol. The summed E-state index contributed by atoms with van der Waals surface area (Å²) < 4.78 is 10.9. The van der Waals surface area contributed by atoms with Gasteiger partial charge in [-0.05, 0) is 18.4 Å². The van der Waals surface area contributed by atoms with Gasteiger partial charge in [-0.2, -0.15) is 0 Å². The lowest BCUT2D eigenvalue weighted by Crippen LogP contribution is -2.05. The van der Waals surface area contributed by atoms with Crippen molar-refractivity contribution in [2.45, 2.75) is 26.9 Å². The van der Waals surface area contributed by atoms with E-state index in [9.17, 15) is 5.11 Å². The highest BCUT2D eigenvalue weighted by atomic mass is 16.5. The van der Waals surface area contributed by atoms with Gasteiger partial charge in [0.15, 0.2) is 11.5 Å². The molecule has 0 aliphatic heterocycles. The first-order valence-corrected chi connectivity index (χ1v) is 5.58. The van der Waals surface area contributed by atoms with Crippen molar-refractivity contribution >= 4 is 0 Å². The number of hydrogen-bond donors (Lipinski definition) is 1. The summed E-state index contributed by atoms with van der Waals surface area (Å²) in [4.78, 5) is 0. The van der Waals surface area contributed by atoms with Crippen LogP contribution in [0.2, 0.25) is 0 Å². The van der Waals surface area contributed by atoms with Crippen LogP contribution in [0.4, 0.5) is 0 Å². The smallest absolute Gasteiger partial charge is 0.166 e. The van der Waals surface area contributed by atoms with Crippen molar-refractivity contribution in [3.63, 3.8) is 0 Å². The molecule has 1 rings (SSSR count). The summed E-state index contributed by atoms with van der Waals surface area (Å²) in [7, 11) is 1.60. The molecule has 0 bridgehead atoms. The van der Waals surface area contributed by atoms with Crippen molar-refractivity contribution < 1.29 is 14.6 Å². The average molecular weight is 224 g/mol. The van der Waals surface area contributed by atoms with Gasteiger partial charge in [-0.25, -0.2) is 0 Å². The van der Waals surface area contributed by atoms with Crippen molar-refractivity contribution in [3.8, 4) is 11.5 Å². The molecule has 0 aromatic heterocycles. The lowest BCUT2D eigenvalue weighted by atomic mass is 10.1. The summed E-state index contributed by atoms with van der Waals surface area (Å²) in [6, 6.07) is 5.52. The van der Waals surface area contributed by atoms with Crippen LogP contribution in [-0.4, -0.2) is 18.8 Å². The fourth-order valence-corrected chi connectivity index (χ4v) is 1.41. The van der Waals surface area contributed by atoms with Gasteiger partial charge in [-0.1, -0.05) is 26.0 Å². The van der Waals surface area contributed by atoms with Gasteiger partial charge in [0.05, 0.1) is 20.3 Å². The molecule has 0 saturated heterocycles. The molecule has 1 aromatic carbocycles. The largest absolute Gasteiger partial charge is 0.493 e. The molecule has 0 radical (unpaired) electrons. The molecule has 16 heavy (non-hydrogen) atoms. The Balaban J connectivity index is 2.74. The van der Waals surface area contributed by atoms with Crippen LogP contribution in [0.3, 0.4) is 0 Å². The minimum Gasteiger partial charge on any atom is -0.493 e. The summed E-state index contributed by atoms with van der Waals surface area (Å²) in [5, 5.41) is 9.21. The van der Waals surface area contributed by atoms with Crippen molar-refractivity contribution in [2.75, 3.05) is 13.7 Å². The number of ether oxygens (including phenoxy) is 2. The van der Waals surface area contributed by atoms with Crippen LogP contribution in [0.1, 0.15) is 25.8 Å². The zero-order valence-corrected chi connectivity index (χ0v) is 10.2. The number of benzene rings is 1. The Hall–Kier alpha value is -1.22. The average Bonchev–Trinajstić information content (AvgIpc) is 2.28. The van der Waals surface area contributed by atoms with Crippen molar-refractivity contribution in [3.05, 3.63) is 23.8 Å². The molecule has 90 valence electrons. The minimum atomic E-state index is -0.0335. The Morgan fingerprint density at radius 1 is 1.31 bits per heavy atom. The zero-order chi connectivity index (χ0) is 12.0. The third-order valence-corrected chi connectivity index (χ3v) is 2.39. The number of rotatable bonds is 6. The highest BCUT2D eigenvalue weighted by Gasteiger charge is 2.09. The molecule has 3 heteroatoms. The molecule has 0 atom stereocenters. The van der Waals surface area contributed by atoms with E-state index < -0.39 is 0 Å². The quantitative estimate of drug-likeness (QED) is 0.807. The fraction of sp³-hybridized carbons (Fsp3) is 0.538. The number of methoxy groups -OCH3 is 1. The van der Waals surface area contributed by atoms with Gasteiger partial charge in [0.2, 0.25) is 0 Å². The van der Waals surface area contributed by atoms with Gasteiger partial charge < -0.3 is 14.6 Å². The maximum Gasteiger partial charge on any atom is 0.166 e. The summed E-state index contributed by atoms with van der Waals surface area (Å²) in [5.74, 6) is 1.94. The first-order valence-electron chi connectivity index (χ1n) is 5.58. The molecular weight excluding hydrogens is 204 g/mol. The van der Waals surface area contributed by atoms with E-state index in [4.69, 9.17) is 9.47 Å². The van der Waals surface area contributed by atoms with Gasteiger partial charge in [0.1, 0.15) is 0 Å². The van der Waals surface area contributed by atoms with Gasteiger partial charge >= 0.3 is 0 Å². The Labute approximate surface area is 97.0 Å². The molecule has 3 nitrogen and oxygen atoms in total. The first kappa shape index (κ1) is 12.8. The second-order valence-electron chi connectivity index (χ2n) is 4.14. The number of aliphatic hydroxyl groups excluding tert-OH is 1. The Bertz CT molecular complexity index is 299. The van der Waals surface area contributed by atoms with Crippen molar-refractivity contribution in [1.82, 2.24) is 0 Å². The summed E-state index contributed by atoms with van der Waals surface area (Å²) in [6.07, 6.45) is 0.989. The Morgan fingerprint density at radius 2 is 2.06 bits per heavy atom. The maximum absolute atomic E-state index is 9.21. The van der Waals surface area contributed by atoms with Crippen LogP contribution in [0.15, 0.2) is 18.2 Å². The van der Waals surface area contributed by atoms with E-state index in [1.165, 1.54) is 0 Å². The van der Waals surface area contributed by atoms with E-state index >= 15 is 0 Å². The third kappa shape index (κ3) is 3.42. The molecule has 0 heterocycles. The van der Waals surface area contributed by atoms with Crippen LogP contribution >= 0.6 is 0 Å². The van der Waals surface area contributed by atoms with Gasteiger partial charge in [0.25, 0.3) is 0 Å². The highest BCUT2D eigenvalue weighted by Crippen LogP contribution is 2.31.